The highest BCUT2D eigenvalue weighted by Crippen LogP contribution is 2.31. The van der Waals surface area contributed by atoms with Crippen molar-refractivity contribution in [2.45, 2.75) is 26.3 Å². The minimum Gasteiger partial charge on any atom is -0.342 e. The predicted octanol–water partition coefficient (Wildman–Crippen LogP) is 2.30. The molecule has 0 spiro atoms. The fourth-order valence-corrected chi connectivity index (χ4v) is 3.11. The SMILES string of the molecule is Cc1nsc(N2CCC(C)C2CCl)n1. The van der Waals surface area contributed by atoms with Gasteiger partial charge in [0.2, 0.25) is 5.13 Å². The van der Waals surface area contributed by atoms with Gasteiger partial charge in [0.05, 0.1) is 0 Å². The molecule has 0 amide bonds. The topological polar surface area (TPSA) is 29.0 Å². The van der Waals surface area contributed by atoms with Crippen LogP contribution in [0.1, 0.15) is 19.2 Å². The van der Waals surface area contributed by atoms with Crippen molar-refractivity contribution in [1.29, 1.82) is 0 Å². The maximum Gasteiger partial charge on any atom is 0.205 e. The van der Waals surface area contributed by atoms with E-state index in [1.54, 1.807) is 0 Å². The molecule has 3 nitrogen and oxygen atoms in total. The molecule has 5 heteroatoms. The van der Waals surface area contributed by atoms with E-state index in [1.165, 1.54) is 18.0 Å². The molecule has 78 valence electrons. The summed E-state index contributed by atoms with van der Waals surface area (Å²) < 4.78 is 4.20. The highest BCUT2D eigenvalue weighted by atomic mass is 35.5. The summed E-state index contributed by atoms with van der Waals surface area (Å²) >= 11 is 7.44. The average molecular weight is 232 g/mol. The van der Waals surface area contributed by atoms with Gasteiger partial charge >= 0.3 is 0 Å². The van der Waals surface area contributed by atoms with Crippen LogP contribution in [0.2, 0.25) is 0 Å². The van der Waals surface area contributed by atoms with E-state index < -0.39 is 0 Å². The lowest BCUT2D eigenvalue weighted by atomic mass is 10.1. The monoisotopic (exact) mass is 231 g/mol. The lowest BCUT2D eigenvalue weighted by Crippen LogP contribution is -2.33. The first-order valence-corrected chi connectivity index (χ1v) is 6.16. The van der Waals surface area contributed by atoms with Crippen LogP contribution in [0.3, 0.4) is 0 Å². The Bertz CT molecular complexity index is 315. The zero-order chi connectivity index (χ0) is 10.1. The van der Waals surface area contributed by atoms with Crippen molar-refractivity contribution in [3.8, 4) is 0 Å². The van der Waals surface area contributed by atoms with Crippen molar-refractivity contribution in [1.82, 2.24) is 9.36 Å². The zero-order valence-electron chi connectivity index (χ0n) is 8.40. The van der Waals surface area contributed by atoms with Crippen LogP contribution >= 0.6 is 23.1 Å². The smallest absolute Gasteiger partial charge is 0.205 e. The van der Waals surface area contributed by atoms with E-state index in [-0.39, 0.29) is 0 Å². The van der Waals surface area contributed by atoms with E-state index >= 15 is 0 Å². The molecule has 0 aromatic carbocycles. The third-order valence-electron chi connectivity index (χ3n) is 2.80. The van der Waals surface area contributed by atoms with Gasteiger partial charge in [-0.05, 0) is 19.3 Å². The standard InChI is InChI=1S/C9H14ClN3S/c1-6-3-4-13(8(6)5-10)9-11-7(2)12-14-9/h6,8H,3-5H2,1-2H3. The molecule has 0 N–H and O–H groups in total. The summed E-state index contributed by atoms with van der Waals surface area (Å²) in [6.45, 7) is 5.24. The van der Waals surface area contributed by atoms with Crippen LogP contribution in [0.15, 0.2) is 0 Å². The minimum absolute atomic E-state index is 0.434. The molecular weight excluding hydrogens is 218 g/mol. The summed E-state index contributed by atoms with van der Waals surface area (Å²) in [5.41, 5.74) is 0. The highest BCUT2D eigenvalue weighted by Gasteiger charge is 2.32. The summed E-state index contributed by atoms with van der Waals surface area (Å²) in [5.74, 6) is 2.20. The summed E-state index contributed by atoms with van der Waals surface area (Å²) in [5, 5.41) is 1.03. The van der Waals surface area contributed by atoms with Gasteiger partial charge < -0.3 is 4.90 Å². The molecule has 0 aliphatic carbocycles. The van der Waals surface area contributed by atoms with Gasteiger partial charge in [-0.1, -0.05) is 6.92 Å². The Kier molecular flexibility index (Phi) is 2.93. The Morgan fingerprint density at radius 3 is 3.00 bits per heavy atom. The second-order valence-corrected chi connectivity index (χ2v) is 4.84. The Morgan fingerprint density at radius 2 is 2.43 bits per heavy atom. The average Bonchev–Trinajstić information content (AvgIpc) is 2.71. The van der Waals surface area contributed by atoms with Gasteiger partial charge in [0.1, 0.15) is 5.82 Å². The number of hydrogen-bond acceptors (Lipinski definition) is 4. The fourth-order valence-electron chi connectivity index (χ4n) is 1.88. The van der Waals surface area contributed by atoms with Crippen LogP contribution < -0.4 is 4.90 Å². The summed E-state index contributed by atoms with van der Waals surface area (Å²) in [7, 11) is 0. The van der Waals surface area contributed by atoms with E-state index in [9.17, 15) is 0 Å². The molecule has 14 heavy (non-hydrogen) atoms. The predicted molar refractivity (Wildman–Crippen MR) is 60.3 cm³/mol. The van der Waals surface area contributed by atoms with E-state index in [0.717, 1.165) is 17.5 Å². The second-order valence-electron chi connectivity index (χ2n) is 3.81. The van der Waals surface area contributed by atoms with Crippen molar-refractivity contribution in [3.05, 3.63) is 5.82 Å². The number of anilines is 1. The minimum atomic E-state index is 0.434. The van der Waals surface area contributed by atoms with Gasteiger partial charge in [0, 0.05) is 30.0 Å². The van der Waals surface area contributed by atoms with Gasteiger partial charge in [-0.25, -0.2) is 4.98 Å². The van der Waals surface area contributed by atoms with Crippen molar-refractivity contribution in [2.75, 3.05) is 17.3 Å². The van der Waals surface area contributed by atoms with Gasteiger partial charge in [-0.15, -0.1) is 11.6 Å². The number of hydrogen-bond donors (Lipinski definition) is 0. The summed E-state index contributed by atoms with van der Waals surface area (Å²) in [6.07, 6.45) is 1.20. The van der Waals surface area contributed by atoms with Gasteiger partial charge in [0.25, 0.3) is 0 Å². The Balaban J connectivity index is 2.18. The first-order valence-electron chi connectivity index (χ1n) is 4.85. The number of aryl methyl sites for hydroxylation is 1. The fraction of sp³-hybridized carbons (Fsp3) is 0.778. The Labute approximate surface area is 93.3 Å². The van der Waals surface area contributed by atoms with E-state index in [4.69, 9.17) is 11.6 Å². The molecule has 0 saturated carbocycles. The van der Waals surface area contributed by atoms with Gasteiger partial charge in [-0.2, -0.15) is 4.37 Å². The van der Waals surface area contributed by atoms with Crippen LogP contribution in [0.4, 0.5) is 5.13 Å². The lowest BCUT2D eigenvalue weighted by molar-refractivity contribution is 0.550. The maximum atomic E-state index is 5.97. The first-order chi connectivity index (χ1) is 6.72. The van der Waals surface area contributed by atoms with Crippen LogP contribution in [0.5, 0.6) is 0 Å². The third kappa shape index (κ3) is 1.73. The Morgan fingerprint density at radius 1 is 1.64 bits per heavy atom. The quantitative estimate of drug-likeness (QED) is 0.732. The molecule has 1 aliphatic rings. The van der Waals surface area contributed by atoms with E-state index in [0.29, 0.717) is 17.8 Å². The highest BCUT2D eigenvalue weighted by molar-refractivity contribution is 7.09. The van der Waals surface area contributed by atoms with Crippen LogP contribution in [0, 0.1) is 12.8 Å². The molecule has 1 fully saturated rings. The molecule has 1 aromatic rings. The van der Waals surface area contributed by atoms with Gasteiger partial charge in [-0.3, -0.25) is 0 Å². The molecule has 2 atom stereocenters. The summed E-state index contributed by atoms with van der Waals surface area (Å²) in [4.78, 5) is 6.69. The number of nitrogens with zero attached hydrogens (tertiary/aromatic N) is 3. The normalized spacial score (nSPS) is 27.2. The number of aromatic nitrogens is 2. The molecule has 0 bridgehead atoms. The largest absolute Gasteiger partial charge is 0.342 e. The maximum absolute atomic E-state index is 5.97. The van der Waals surface area contributed by atoms with Crippen molar-refractivity contribution >= 4 is 28.3 Å². The van der Waals surface area contributed by atoms with Crippen LogP contribution in [-0.2, 0) is 0 Å². The Hall–Kier alpha value is -0.350. The molecule has 1 saturated heterocycles. The number of alkyl halides is 1. The molecule has 2 heterocycles. The van der Waals surface area contributed by atoms with Gasteiger partial charge in [0.15, 0.2) is 0 Å². The molecule has 2 unspecified atom stereocenters. The van der Waals surface area contributed by atoms with Crippen LogP contribution in [-0.4, -0.2) is 27.8 Å². The third-order valence-corrected chi connectivity index (χ3v) is 3.96. The first kappa shape index (κ1) is 10.2. The number of rotatable bonds is 2. The van der Waals surface area contributed by atoms with Crippen LogP contribution in [0.25, 0.3) is 0 Å². The lowest BCUT2D eigenvalue weighted by Gasteiger charge is -2.23. The van der Waals surface area contributed by atoms with Crippen molar-refractivity contribution in [2.24, 2.45) is 5.92 Å². The zero-order valence-corrected chi connectivity index (χ0v) is 9.98. The number of halogens is 1. The van der Waals surface area contributed by atoms with Crippen molar-refractivity contribution in [3.63, 3.8) is 0 Å². The summed E-state index contributed by atoms with van der Waals surface area (Å²) in [6, 6.07) is 0.434. The molecule has 2 rings (SSSR count). The molecule has 1 aliphatic heterocycles. The van der Waals surface area contributed by atoms with Crippen molar-refractivity contribution < 1.29 is 0 Å². The second kappa shape index (κ2) is 4.03. The van der Waals surface area contributed by atoms with E-state index in [2.05, 4.69) is 21.2 Å². The molecule has 0 radical (unpaired) electrons. The molecular formula is C9H14ClN3S. The van der Waals surface area contributed by atoms with E-state index in [1.807, 2.05) is 6.92 Å². The molecule has 1 aromatic heterocycles.